The molecule has 0 N–H and O–H groups in total. The van der Waals surface area contributed by atoms with Gasteiger partial charge in [0, 0.05) is 6.42 Å². The van der Waals surface area contributed by atoms with Crippen LogP contribution in [0.4, 0.5) is 4.39 Å². The number of alkyl halides is 3. The Morgan fingerprint density at radius 2 is 2.09 bits per heavy atom. The molecule has 1 unspecified atom stereocenters. The molecule has 0 amide bonds. The summed E-state index contributed by atoms with van der Waals surface area (Å²) < 4.78 is 22.6. The molecular formula is C14H10Cl3FN2O2. The lowest BCUT2D eigenvalue weighted by Crippen LogP contribution is -2.18. The van der Waals surface area contributed by atoms with Crippen LogP contribution in [0.15, 0.2) is 36.7 Å². The quantitative estimate of drug-likeness (QED) is 0.597. The highest BCUT2D eigenvalue weighted by Gasteiger charge is 2.51. The van der Waals surface area contributed by atoms with Crippen LogP contribution in [-0.2, 0) is 10.3 Å². The van der Waals surface area contributed by atoms with Gasteiger partial charge in [0.2, 0.25) is 11.8 Å². The lowest BCUT2D eigenvalue weighted by molar-refractivity contribution is 0.294. The molecule has 22 heavy (non-hydrogen) atoms. The third-order valence-corrected chi connectivity index (χ3v) is 3.55. The fourth-order valence-corrected chi connectivity index (χ4v) is 2.77. The third kappa shape index (κ3) is 3.79. The second-order valence-electron chi connectivity index (χ2n) is 4.88. The number of benzene rings is 1. The maximum atomic E-state index is 13.0. The largest absolute Gasteiger partial charge is 0.437 e. The Morgan fingerprint density at radius 1 is 1.32 bits per heavy atom. The smallest absolute Gasteiger partial charge is 0.240 e. The molecule has 8 heteroatoms. The number of nitrogens with zero attached hydrogens (tertiary/aromatic N) is 2. The van der Waals surface area contributed by atoms with Gasteiger partial charge >= 0.3 is 0 Å². The van der Waals surface area contributed by atoms with E-state index in [0.29, 0.717) is 12.4 Å². The van der Waals surface area contributed by atoms with Gasteiger partial charge < -0.3 is 9.47 Å². The van der Waals surface area contributed by atoms with Crippen LogP contribution in [0.25, 0.3) is 0 Å². The maximum Gasteiger partial charge on any atom is 0.240 e. The highest BCUT2D eigenvalue weighted by atomic mass is 35.6. The van der Waals surface area contributed by atoms with Gasteiger partial charge in [0.1, 0.15) is 11.4 Å². The molecule has 2 aromatic rings. The van der Waals surface area contributed by atoms with Gasteiger partial charge in [-0.05, 0) is 17.7 Å². The molecule has 1 saturated heterocycles. The summed E-state index contributed by atoms with van der Waals surface area (Å²) in [5.41, 5.74) is 0.193. The van der Waals surface area contributed by atoms with Crippen LogP contribution in [0.5, 0.6) is 11.6 Å². The van der Waals surface area contributed by atoms with E-state index in [2.05, 4.69) is 9.97 Å². The summed E-state index contributed by atoms with van der Waals surface area (Å²) in [5.74, 6) is -0.187. The Hall–Kier alpha value is -1.14. The number of hydrogen-bond donors (Lipinski definition) is 0. The van der Waals surface area contributed by atoms with Crippen molar-refractivity contribution in [3.8, 4) is 11.6 Å². The minimum atomic E-state index is -1.42. The van der Waals surface area contributed by atoms with Crippen LogP contribution in [-0.4, -0.2) is 20.4 Å². The predicted octanol–water partition coefficient (Wildman–Crippen LogP) is 4.39. The Kier molecular flexibility index (Phi) is 4.16. The number of hydrogen-bond acceptors (Lipinski definition) is 4. The minimum absolute atomic E-state index is 0.0595. The van der Waals surface area contributed by atoms with Crippen molar-refractivity contribution in [1.82, 2.24) is 9.97 Å². The van der Waals surface area contributed by atoms with Crippen LogP contribution in [0, 0.1) is 5.95 Å². The van der Waals surface area contributed by atoms with Gasteiger partial charge in [-0.3, -0.25) is 4.98 Å². The lowest BCUT2D eigenvalue weighted by Gasteiger charge is -2.18. The van der Waals surface area contributed by atoms with Gasteiger partial charge in [-0.15, -0.1) is 0 Å². The van der Waals surface area contributed by atoms with E-state index in [1.807, 2.05) is 6.07 Å². The van der Waals surface area contributed by atoms with E-state index in [1.165, 1.54) is 6.20 Å². The molecule has 1 aromatic carbocycles. The normalized spacial score (nSPS) is 20.7. The summed E-state index contributed by atoms with van der Waals surface area (Å²) >= 11 is 17.6. The van der Waals surface area contributed by atoms with Gasteiger partial charge in [-0.1, -0.05) is 46.9 Å². The first-order valence-electron chi connectivity index (χ1n) is 6.33. The predicted molar refractivity (Wildman–Crippen MR) is 81.0 cm³/mol. The van der Waals surface area contributed by atoms with Crippen LogP contribution in [0.1, 0.15) is 12.0 Å². The van der Waals surface area contributed by atoms with Gasteiger partial charge in [-0.2, -0.15) is 9.37 Å². The van der Waals surface area contributed by atoms with Crippen molar-refractivity contribution in [2.24, 2.45) is 0 Å². The minimum Gasteiger partial charge on any atom is -0.437 e. The van der Waals surface area contributed by atoms with Crippen LogP contribution in [0.2, 0.25) is 0 Å². The van der Waals surface area contributed by atoms with E-state index < -0.39 is 15.3 Å². The molecule has 0 aliphatic carbocycles. The van der Waals surface area contributed by atoms with E-state index in [-0.39, 0.29) is 12.3 Å². The first-order valence-corrected chi connectivity index (χ1v) is 7.46. The standard InChI is InChI=1S/C14H10Cl3FN2O2/c15-14(16,17)7-13(8-21-13)9-2-1-3-10(4-9)22-12-6-19-5-11(18)20-12/h1-6H,7-8H2. The zero-order chi connectivity index (χ0) is 15.8. The summed E-state index contributed by atoms with van der Waals surface area (Å²) in [6, 6.07) is 7.09. The highest BCUT2D eigenvalue weighted by Crippen LogP contribution is 2.50. The van der Waals surface area contributed by atoms with Crippen LogP contribution >= 0.6 is 34.8 Å². The molecule has 116 valence electrons. The van der Waals surface area contributed by atoms with E-state index in [0.717, 1.165) is 11.8 Å². The second-order valence-corrected chi connectivity index (χ2v) is 7.40. The van der Waals surface area contributed by atoms with Gasteiger partial charge in [0.25, 0.3) is 0 Å². The van der Waals surface area contributed by atoms with Crippen LogP contribution < -0.4 is 4.74 Å². The van der Waals surface area contributed by atoms with Crippen molar-refractivity contribution < 1.29 is 13.9 Å². The second kappa shape index (κ2) is 5.81. The van der Waals surface area contributed by atoms with Gasteiger partial charge in [-0.25, -0.2) is 0 Å². The van der Waals surface area contributed by atoms with E-state index in [4.69, 9.17) is 44.3 Å². The van der Waals surface area contributed by atoms with Crippen molar-refractivity contribution in [2.75, 3.05) is 6.61 Å². The molecule has 1 aliphatic rings. The monoisotopic (exact) mass is 362 g/mol. The summed E-state index contributed by atoms with van der Waals surface area (Å²) in [6.07, 6.45) is 2.55. The molecular weight excluding hydrogens is 354 g/mol. The number of halogens is 4. The van der Waals surface area contributed by atoms with Crippen molar-refractivity contribution >= 4 is 34.8 Å². The Labute approximate surface area is 141 Å². The summed E-state index contributed by atoms with van der Waals surface area (Å²) in [4.78, 5) is 7.26. The molecule has 4 nitrogen and oxygen atoms in total. The summed E-state index contributed by atoms with van der Waals surface area (Å²) in [7, 11) is 0. The van der Waals surface area contributed by atoms with E-state index >= 15 is 0 Å². The lowest BCUT2D eigenvalue weighted by atomic mass is 9.97. The van der Waals surface area contributed by atoms with Crippen molar-refractivity contribution in [2.45, 2.75) is 15.8 Å². The van der Waals surface area contributed by atoms with Crippen molar-refractivity contribution in [3.63, 3.8) is 0 Å². The molecule has 1 atom stereocenters. The Bertz CT molecular complexity index is 690. The molecule has 1 fully saturated rings. The fourth-order valence-electron chi connectivity index (χ4n) is 2.12. The molecule has 0 spiro atoms. The van der Waals surface area contributed by atoms with E-state index in [1.54, 1.807) is 18.2 Å². The molecule has 2 heterocycles. The molecule has 1 aromatic heterocycles. The Morgan fingerprint density at radius 3 is 2.73 bits per heavy atom. The number of ether oxygens (including phenoxy) is 2. The number of epoxide rings is 1. The zero-order valence-electron chi connectivity index (χ0n) is 11.1. The van der Waals surface area contributed by atoms with E-state index in [9.17, 15) is 4.39 Å². The topological polar surface area (TPSA) is 47.5 Å². The fraction of sp³-hybridized carbons (Fsp3) is 0.286. The van der Waals surface area contributed by atoms with Crippen LogP contribution in [0.3, 0.4) is 0 Å². The van der Waals surface area contributed by atoms with Crippen molar-refractivity contribution in [1.29, 1.82) is 0 Å². The average molecular weight is 364 g/mol. The molecule has 0 bridgehead atoms. The average Bonchev–Trinajstić information content (AvgIpc) is 3.18. The molecule has 0 saturated carbocycles. The summed E-state index contributed by atoms with van der Waals surface area (Å²) in [6.45, 7) is 0.462. The molecule has 1 aliphatic heterocycles. The first-order chi connectivity index (χ1) is 10.4. The van der Waals surface area contributed by atoms with Crippen molar-refractivity contribution in [3.05, 3.63) is 48.2 Å². The number of rotatable bonds is 4. The maximum absolute atomic E-state index is 13.0. The Balaban J connectivity index is 1.81. The highest BCUT2D eigenvalue weighted by molar-refractivity contribution is 6.67. The number of aromatic nitrogens is 2. The van der Waals surface area contributed by atoms with Gasteiger partial charge in [0.15, 0.2) is 3.79 Å². The molecule has 3 rings (SSSR count). The zero-order valence-corrected chi connectivity index (χ0v) is 13.4. The first kappa shape index (κ1) is 15.7. The molecule has 0 radical (unpaired) electrons. The summed E-state index contributed by atoms with van der Waals surface area (Å²) in [5, 5.41) is 0. The SMILES string of the molecule is Fc1cncc(Oc2cccc(C3(CC(Cl)(Cl)Cl)CO3)c2)n1. The van der Waals surface area contributed by atoms with Gasteiger partial charge in [0.05, 0.1) is 19.0 Å². The third-order valence-electron chi connectivity index (χ3n) is 3.14.